The molecule has 1 fully saturated rings. The third-order valence-corrected chi connectivity index (χ3v) is 6.39. The Morgan fingerprint density at radius 2 is 2.24 bits per heavy atom. The van der Waals surface area contributed by atoms with Gasteiger partial charge in [0.2, 0.25) is 11.8 Å². The maximum absolute atomic E-state index is 13.0. The minimum absolute atomic E-state index is 0.00468. The highest BCUT2D eigenvalue weighted by atomic mass is 32.1. The molecule has 0 bridgehead atoms. The molecule has 1 N–H and O–H groups in total. The summed E-state index contributed by atoms with van der Waals surface area (Å²) in [5, 5.41) is 9.52. The van der Waals surface area contributed by atoms with Gasteiger partial charge in [-0.05, 0) is 30.7 Å². The minimum atomic E-state index is -0.335. The molecule has 0 radical (unpaired) electrons. The van der Waals surface area contributed by atoms with E-state index in [0.29, 0.717) is 0 Å². The van der Waals surface area contributed by atoms with Crippen molar-refractivity contribution in [3.05, 3.63) is 39.8 Å². The maximum Gasteiger partial charge on any atom is 0.226 e. The normalized spacial score (nSPS) is 25.9. The van der Waals surface area contributed by atoms with E-state index in [-0.39, 0.29) is 36.2 Å². The van der Waals surface area contributed by atoms with E-state index in [1.54, 1.807) is 23.3 Å². The molecule has 3 atom stereocenters. The molecule has 4 rings (SSSR count). The molecule has 1 aliphatic heterocycles. The second kappa shape index (κ2) is 6.29. The molecule has 3 unspecified atom stereocenters. The van der Waals surface area contributed by atoms with Crippen LogP contribution in [-0.4, -0.2) is 33.5 Å². The number of nitrogens with one attached hydrogen (secondary N) is 1. The minimum Gasteiger partial charge on any atom is -0.349 e. The Kier molecular flexibility index (Phi) is 4.11. The molecular formula is C18H22N4O2S. The molecule has 6 nitrogen and oxygen atoms in total. The third-order valence-electron chi connectivity index (χ3n) is 5.45. The van der Waals surface area contributed by atoms with Crippen molar-refractivity contribution < 1.29 is 9.59 Å². The number of amides is 2. The lowest BCUT2D eigenvalue weighted by Crippen LogP contribution is -2.37. The molecule has 1 aliphatic carbocycles. The van der Waals surface area contributed by atoms with Gasteiger partial charge >= 0.3 is 0 Å². The maximum atomic E-state index is 13.0. The summed E-state index contributed by atoms with van der Waals surface area (Å²) in [7, 11) is 3.74. The van der Waals surface area contributed by atoms with Crippen LogP contribution in [0.1, 0.15) is 47.5 Å². The van der Waals surface area contributed by atoms with E-state index in [0.717, 1.165) is 29.7 Å². The summed E-state index contributed by atoms with van der Waals surface area (Å²) in [6.07, 6.45) is 5.10. The average molecular weight is 358 g/mol. The highest BCUT2D eigenvalue weighted by Gasteiger charge is 2.43. The van der Waals surface area contributed by atoms with Crippen molar-refractivity contribution in [2.75, 3.05) is 7.05 Å². The number of hydrogen-bond acceptors (Lipinski definition) is 4. The van der Waals surface area contributed by atoms with Crippen LogP contribution in [0.4, 0.5) is 0 Å². The number of rotatable bonds is 3. The SMILES string of the molecule is CN1C(=O)CC(C(=O)NC2CCCc3c2cnn3C)C1c1cccs1. The lowest BCUT2D eigenvalue weighted by Gasteiger charge is -2.27. The van der Waals surface area contributed by atoms with Gasteiger partial charge in [0.1, 0.15) is 0 Å². The molecule has 2 amide bonds. The van der Waals surface area contributed by atoms with E-state index in [1.165, 1.54) is 5.69 Å². The number of hydrogen-bond donors (Lipinski definition) is 1. The van der Waals surface area contributed by atoms with E-state index in [2.05, 4.69) is 10.4 Å². The zero-order valence-electron chi connectivity index (χ0n) is 14.4. The smallest absolute Gasteiger partial charge is 0.226 e. The van der Waals surface area contributed by atoms with Crippen LogP contribution in [0.25, 0.3) is 0 Å². The monoisotopic (exact) mass is 358 g/mol. The average Bonchev–Trinajstić information content (AvgIpc) is 3.30. The molecule has 132 valence electrons. The second-order valence-corrected chi connectivity index (χ2v) is 7.88. The highest BCUT2D eigenvalue weighted by Crippen LogP contribution is 2.40. The van der Waals surface area contributed by atoms with Crippen LogP contribution in [-0.2, 0) is 23.1 Å². The van der Waals surface area contributed by atoms with Crippen molar-refractivity contribution in [1.29, 1.82) is 0 Å². The number of thiophene rings is 1. The van der Waals surface area contributed by atoms with Crippen LogP contribution >= 0.6 is 11.3 Å². The number of fused-ring (bicyclic) bond motifs is 1. The lowest BCUT2D eigenvalue weighted by molar-refractivity contribution is -0.128. The zero-order chi connectivity index (χ0) is 17.6. The van der Waals surface area contributed by atoms with Gasteiger partial charge in [0.15, 0.2) is 0 Å². The molecule has 0 saturated carbocycles. The number of likely N-dealkylation sites (tertiary alicyclic amines) is 1. The molecule has 7 heteroatoms. The van der Waals surface area contributed by atoms with Crippen LogP contribution in [0, 0.1) is 5.92 Å². The number of carbonyl (C=O) groups excluding carboxylic acids is 2. The predicted molar refractivity (Wildman–Crippen MR) is 95.0 cm³/mol. The van der Waals surface area contributed by atoms with Crippen LogP contribution in [0.5, 0.6) is 0 Å². The lowest BCUT2D eigenvalue weighted by atomic mass is 9.91. The first-order valence-corrected chi connectivity index (χ1v) is 9.54. The fourth-order valence-electron chi connectivity index (χ4n) is 4.09. The Morgan fingerprint density at radius 3 is 3.00 bits per heavy atom. The van der Waals surface area contributed by atoms with Gasteiger partial charge in [0.25, 0.3) is 0 Å². The van der Waals surface area contributed by atoms with E-state index < -0.39 is 0 Å². The molecule has 0 aromatic carbocycles. The van der Waals surface area contributed by atoms with Gasteiger partial charge in [0.05, 0.1) is 24.2 Å². The van der Waals surface area contributed by atoms with Gasteiger partial charge in [-0.2, -0.15) is 5.10 Å². The Morgan fingerprint density at radius 1 is 1.40 bits per heavy atom. The molecule has 25 heavy (non-hydrogen) atoms. The van der Waals surface area contributed by atoms with Gasteiger partial charge in [-0.1, -0.05) is 6.07 Å². The standard InChI is InChI=1S/C18H22N4O2S/c1-21-16(23)9-11(17(21)15-7-4-8-25-15)18(24)20-13-5-3-6-14-12(13)10-19-22(14)2/h4,7-8,10-11,13,17H,3,5-6,9H2,1-2H3,(H,20,24). The molecule has 0 spiro atoms. The second-order valence-electron chi connectivity index (χ2n) is 6.90. The van der Waals surface area contributed by atoms with Crippen molar-refractivity contribution in [2.24, 2.45) is 13.0 Å². The molecule has 3 heterocycles. The summed E-state index contributed by atoms with van der Waals surface area (Å²) in [6, 6.07) is 3.80. The summed E-state index contributed by atoms with van der Waals surface area (Å²) in [5.41, 5.74) is 2.32. The topological polar surface area (TPSA) is 67.2 Å². The van der Waals surface area contributed by atoms with Crippen LogP contribution in [0.15, 0.2) is 23.7 Å². The molecule has 2 aromatic rings. The molecule has 1 saturated heterocycles. The predicted octanol–water partition coefficient (Wildman–Crippen LogP) is 2.19. The van der Waals surface area contributed by atoms with Crippen molar-refractivity contribution >= 4 is 23.2 Å². The fourth-order valence-corrected chi connectivity index (χ4v) is 5.02. The van der Waals surface area contributed by atoms with E-state index >= 15 is 0 Å². The van der Waals surface area contributed by atoms with Gasteiger partial charge in [-0.25, -0.2) is 0 Å². The summed E-state index contributed by atoms with van der Waals surface area (Å²) in [4.78, 5) is 28.0. The Hall–Kier alpha value is -2.15. The fraction of sp³-hybridized carbons (Fsp3) is 0.500. The van der Waals surface area contributed by atoms with Crippen LogP contribution in [0.3, 0.4) is 0 Å². The van der Waals surface area contributed by atoms with Crippen molar-refractivity contribution in [2.45, 2.75) is 37.8 Å². The summed E-state index contributed by atoms with van der Waals surface area (Å²) >= 11 is 1.60. The number of nitrogens with zero attached hydrogens (tertiary/aromatic N) is 3. The van der Waals surface area contributed by atoms with Crippen molar-refractivity contribution in [3.63, 3.8) is 0 Å². The first-order valence-electron chi connectivity index (χ1n) is 8.66. The number of carbonyl (C=O) groups is 2. The summed E-state index contributed by atoms with van der Waals surface area (Å²) < 4.78 is 1.90. The van der Waals surface area contributed by atoms with Gasteiger partial charge in [0, 0.05) is 36.7 Å². The summed E-state index contributed by atoms with van der Waals surface area (Å²) in [6.45, 7) is 0. The van der Waals surface area contributed by atoms with Crippen LogP contribution < -0.4 is 5.32 Å². The molecule has 2 aromatic heterocycles. The first kappa shape index (κ1) is 16.3. The Labute approximate surface area is 150 Å². The third kappa shape index (κ3) is 2.76. The molecule has 2 aliphatic rings. The summed E-state index contributed by atoms with van der Waals surface area (Å²) in [5.74, 6) is -0.333. The van der Waals surface area contributed by atoms with E-state index in [4.69, 9.17) is 0 Å². The number of aromatic nitrogens is 2. The quantitative estimate of drug-likeness (QED) is 0.915. The van der Waals surface area contributed by atoms with Crippen molar-refractivity contribution in [3.8, 4) is 0 Å². The number of aryl methyl sites for hydroxylation is 1. The van der Waals surface area contributed by atoms with Gasteiger partial charge in [-0.3, -0.25) is 14.3 Å². The van der Waals surface area contributed by atoms with E-state index in [9.17, 15) is 9.59 Å². The van der Waals surface area contributed by atoms with Crippen LogP contribution in [0.2, 0.25) is 0 Å². The largest absolute Gasteiger partial charge is 0.349 e. The van der Waals surface area contributed by atoms with Gasteiger partial charge in [-0.15, -0.1) is 11.3 Å². The highest BCUT2D eigenvalue weighted by molar-refractivity contribution is 7.10. The zero-order valence-corrected chi connectivity index (χ0v) is 15.3. The van der Waals surface area contributed by atoms with Gasteiger partial charge < -0.3 is 10.2 Å². The van der Waals surface area contributed by atoms with Crippen molar-refractivity contribution in [1.82, 2.24) is 20.0 Å². The molecular weight excluding hydrogens is 336 g/mol. The van der Waals surface area contributed by atoms with E-state index in [1.807, 2.05) is 35.4 Å². The Bertz CT molecular complexity index is 798. The first-order chi connectivity index (χ1) is 12.1. The Balaban J connectivity index is 1.56.